The molecule has 1 unspecified atom stereocenters. The Labute approximate surface area is 112 Å². The van der Waals surface area contributed by atoms with Crippen LogP contribution in [0.4, 0.5) is 0 Å². The molecule has 4 heteroatoms. The first-order chi connectivity index (χ1) is 8.79. The van der Waals surface area contributed by atoms with Crippen molar-refractivity contribution in [2.45, 2.75) is 31.7 Å². The highest BCUT2D eigenvalue weighted by Crippen LogP contribution is 2.32. The van der Waals surface area contributed by atoms with Crippen LogP contribution in [0.2, 0.25) is 0 Å². The first kappa shape index (κ1) is 12.2. The molecular weight excluding hydrogens is 244 g/mol. The maximum Gasteiger partial charge on any atom is 0.245 e. The molecule has 1 amide bonds. The van der Waals surface area contributed by atoms with Crippen molar-refractivity contribution in [2.24, 2.45) is 5.92 Å². The molecule has 3 rings (SSSR count). The zero-order chi connectivity index (χ0) is 12.5. The number of nitrogens with one attached hydrogen (secondary N) is 1. The fourth-order valence-corrected chi connectivity index (χ4v) is 3.95. The van der Waals surface area contributed by atoms with E-state index < -0.39 is 0 Å². The fourth-order valence-electron chi connectivity index (χ4n) is 2.89. The molecule has 0 spiro atoms. The van der Waals surface area contributed by atoms with Gasteiger partial charge in [0.1, 0.15) is 6.04 Å². The van der Waals surface area contributed by atoms with Gasteiger partial charge in [-0.15, -0.1) is 11.3 Å². The number of amides is 1. The van der Waals surface area contributed by atoms with Crippen molar-refractivity contribution in [3.05, 3.63) is 21.9 Å². The molecule has 1 fully saturated rings. The van der Waals surface area contributed by atoms with Crippen LogP contribution in [0.25, 0.3) is 0 Å². The number of nitrogens with zero attached hydrogens (tertiary/aromatic N) is 1. The van der Waals surface area contributed by atoms with Crippen LogP contribution in [0.5, 0.6) is 0 Å². The van der Waals surface area contributed by atoms with E-state index in [9.17, 15) is 4.79 Å². The van der Waals surface area contributed by atoms with E-state index in [0.29, 0.717) is 0 Å². The van der Waals surface area contributed by atoms with Gasteiger partial charge in [0.15, 0.2) is 0 Å². The summed E-state index contributed by atoms with van der Waals surface area (Å²) in [4.78, 5) is 15.9. The van der Waals surface area contributed by atoms with E-state index in [-0.39, 0.29) is 11.9 Å². The van der Waals surface area contributed by atoms with Gasteiger partial charge in [-0.25, -0.2) is 0 Å². The van der Waals surface area contributed by atoms with Crippen molar-refractivity contribution < 1.29 is 4.79 Å². The lowest BCUT2D eigenvalue weighted by Crippen LogP contribution is -2.42. The first-order valence-electron chi connectivity index (χ1n) is 6.82. The monoisotopic (exact) mass is 264 g/mol. The minimum absolute atomic E-state index is 0.123. The van der Waals surface area contributed by atoms with E-state index in [1.807, 2.05) is 7.05 Å². The van der Waals surface area contributed by atoms with E-state index in [0.717, 1.165) is 25.4 Å². The average Bonchev–Trinajstić information content (AvgIpc) is 2.72. The highest BCUT2D eigenvalue weighted by molar-refractivity contribution is 7.10. The molecule has 1 N–H and O–H groups in total. The molecule has 1 aliphatic heterocycles. The zero-order valence-electron chi connectivity index (χ0n) is 10.8. The number of fused-ring (bicyclic) bond motifs is 1. The molecule has 2 aliphatic rings. The molecule has 98 valence electrons. The van der Waals surface area contributed by atoms with Gasteiger partial charge in [-0.1, -0.05) is 6.42 Å². The summed E-state index contributed by atoms with van der Waals surface area (Å²) in [6.07, 6.45) is 4.95. The van der Waals surface area contributed by atoms with Gasteiger partial charge in [0, 0.05) is 18.0 Å². The quantitative estimate of drug-likeness (QED) is 0.907. The summed E-state index contributed by atoms with van der Waals surface area (Å²) in [5, 5.41) is 5.30. The molecule has 3 nitrogen and oxygen atoms in total. The van der Waals surface area contributed by atoms with Crippen molar-refractivity contribution in [1.29, 1.82) is 0 Å². The van der Waals surface area contributed by atoms with Gasteiger partial charge in [-0.3, -0.25) is 4.79 Å². The average molecular weight is 264 g/mol. The van der Waals surface area contributed by atoms with Crippen molar-refractivity contribution in [1.82, 2.24) is 10.2 Å². The standard InChI is InChI=1S/C14H20N2OS/c1-15-12-13-11(6-8-18-13)5-7-16(14(12)17)9-10-3-2-4-10/h6,8,10,12,15H,2-5,7,9H2,1H3. The highest BCUT2D eigenvalue weighted by atomic mass is 32.1. The van der Waals surface area contributed by atoms with Gasteiger partial charge in [0.05, 0.1) is 0 Å². The van der Waals surface area contributed by atoms with Crippen LogP contribution in [-0.2, 0) is 11.2 Å². The maximum absolute atomic E-state index is 12.6. The molecular formula is C14H20N2OS. The number of carbonyl (C=O) groups excluding carboxylic acids is 1. The molecule has 1 aliphatic carbocycles. The summed E-state index contributed by atoms with van der Waals surface area (Å²) in [7, 11) is 1.89. The van der Waals surface area contributed by atoms with E-state index in [4.69, 9.17) is 0 Å². The van der Waals surface area contributed by atoms with Crippen molar-refractivity contribution in [3.63, 3.8) is 0 Å². The highest BCUT2D eigenvalue weighted by Gasteiger charge is 2.32. The minimum atomic E-state index is -0.123. The Kier molecular flexibility index (Phi) is 3.39. The molecule has 18 heavy (non-hydrogen) atoms. The van der Waals surface area contributed by atoms with Crippen LogP contribution < -0.4 is 5.32 Å². The number of thiophene rings is 1. The summed E-state index contributed by atoms with van der Waals surface area (Å²) in [6, 6.07) is 2.05. The van der Waals surface area contributed by atoms with Gasteiger partial charge in [0.25, 0.3) is 0 Å². The molecule has 0 radical (unpaired) electrons. The predicted molar refractivity (Wildman–Crippen MR) is 73.7 cm³/mol. The Hall–Kier alpha value is -0.870. The summed E-state index contributed by atoms with van der Waals surface area (Å²) < 4.78 is 0. The first-order valence-corrected chi connectivity index (χ1v) is 7.70. The molecule has 0 aromatic carbocycles. The second-order valence-corrected chi connectivity index (χ2v) is 6.31. The lowest BCUT2D eigenvalue weighted by Gasteiger charge is -2.33. The number of hydrogen-bond acceptors (Lipinski definition) is 3. The van der Waals surface area contributed by atoms with Gasteiger partial charge in [-0.05, 0) is 49.2 Å². The van der Waals surface area contributed by atoms with Gasteiger partial charge >= 0.3 is 0 Å². The SMILES string of the molecule is CNC1C(=O)N(CC2CCC2)CCc2ccsc21. The fraction of sp³-hybridized carbons (Fsp3) is 0.643. The normalized spacial score (nSPS) is 24.6. The molecule has 1 aromatic heterocycles. The van der Waals surface area contributed by atoms with Crippen molar-refractivity contribution in [2.75, 3.05) is 20.1 Å². The minimum Gasteiger partial charge on any atom is -0.340 e. The summed E-state index contributed by atoms with van der Waals surface area (Å²) in [6.45, 7) is 1.85. The van der Waals surface area contributed by atoms with E-state index in [2.05, 4.69) is 21.7 Å². The lowest BCUT2D eigenvalue weighted by molar-refractivity contribution is -0.134. The number of rotatable bonds is 3. The molecule has 0 saturated heterocycles. The summed E-state index contributed by atoms with van der Waals surface area (Å²) >= 11 is 1.71. The van der Waals surface area contributed by atoms with E-state index in [1.54, 1.807) is 11.3 Å². The van der Waals surface area contributed by atoms with Crippen LogP contribution in [0.15, 0.2) is 11.4 Å². The lowest BCUT2D eigenvalue weighted by atomic mass is 9.85. The molecule has 0 bridgehead atoms. The Morgan fingerprint density at radius 3 is 3.00 bits per heavy atom. The third kappa shape index (κ3) is 2.08. The number of carbonyl (C=O) groups is 1. The Morgan fingerprint density at radius 1 is 1.50 bits per heavy atom. The van der Waals surface area contributed by atoms with E-state index >= 15 is 0 Å². The van der Waals surface area contributed by atoms with Crippen LogP contribution in [0.1, 0.15) is 35.7 Å². The van der Waals surface area contributed by atoms with Crippen LogP contribution in [-0.4, -0.2) is 30.9 Å². The Morgan fingerprint density at radius 2 is 2.33 bits per heavy atom. The molecule has 1 aromatic rings. The third-order valence-corrected chi connectivity index (χ3v) is 5.27. The molecule has 1 saturated carbocycles. The topological polar surface area (TPSA) is 32.3 Å². The van der Waals surface area contributed by atoms with E-state index in [1.165, 1.54) is 29.7 Å². The summed E-state index contributed by atoms with van der Waals surface area (Å²) in [5.41, 5.74) is 1.35. The van der Waals surface area contributed by atoms with Crippen LogP contribution in [0, 0.1) is 5.92 Å². The van der Waals surface area contributed by atoms with Gasteiger partial charge < -0.3 is 10.2 Å². The third-order valence-electron chi connectivity index (χ3n) is 4.24. The number of likely N-dealkylation sites (N-methyl/N-ethyl adjacent to an activating group) is 1. The van der Waals surface area contributed by atoms with Gasteiger partial charge in [-0.2, -0.15) is 0 Å². The maximum atomic E-state index is 12.6. The Balaban J connectivity index is 1.79. The largest absolute Gasteiger partial charge is 0.340 e. The molecule has 1 atom stereocenters. The van der Waals surface area contributed by atoms with Crippen LogP contribution >= 0.6 is 11.3 Å². The number of hydrogen-bond donors (Lipinski definition) is 1. The zero-order valence-corrected chi connectivity index (χ0v) is 11.6. The van der Waals surface area contributed by atoms with Gasteiger partial charge in [0.2, 0.25) is 5.91 Å². The Bertz CT molecular complexity index is 439. The van der Waals surface area contributed by atoms with Crippen LogP contribution in [0.3, 0.4) is 0 Å². The molecule has 2 heterocycles. The second kappa shape index (κ2) is 5.02. The van der Waals surface area contributed by atoms with Crippen molar-refractivity contribution >= 4 is 17.2 Å². The summed E-state index contributed by atoms with van der Waals surface area (Å²) in [5.74, 6) is 1.02. The smallest absolute Gasteiger partial charge is 0.245 e. The van der Waals surface area contributed by atoms with Crippen molar-refractivity contribution in [3.8, 4) is 0 Å². The second-order valence-electron chi connectivity index (χ2n) is 5.36. The predicted octanol–water partition coefficient (Wildman–Crippen LogP) is 2.19.